The first kappa shape index (κ1) is 18.8. The van der Waals surface area contributed by atoms with E-state index in [1.165, 1.54) is 32.3 Å². The van der Waals surface area contributed by atoms with Crippen LogP contribution in [0.3, 0.4) is 0 Å². The third-order valence-electron chi connectivity index (χ3n) is 5.93. The first-order valence-corrected chi connectivity index (χ1v) is 11.2. The Hall–Kier alpha value is -3.89. The molecule has 0 aliphatic carbocycles. The van der Waals surface area contributed by atoms with Crippen LogP contribution in [-0.4, -0.2) is 11.1 Å². The van der Waals surface area contributed by atoms with Crippen molar-refractivity contribution in [3.63, 3.8) is 0 Å². The number of rotatable bonds is 2. The van der Waals surface area contributed by atoms with E-state index in [9.17, 15) is 9.59 Å². The standard InChI is InChI=1S/C28H17NO2S/c30-27-26(32-28(31)29-27)15-17-9-11-18(12-10-17)19-13-14-24-22-7-2-1-5-20(22)21-6-3-4-8-23(21)25(24)16-19/h1-16H,(H,29,30,31)/b26-15-. The molecular weight excluding hydrogens is 414 g/mol. The van der Waals surface area contributed by atoms with E-state index < -0.39 is 0 Å². The number of imide groups is 1. The number of nitrogens with one attached hydrogen (secondary N) is 1. The summed E-state index contributed by atoms with van der Waals surface area (Å²) in [7, 11) is 0. The Kier molecular flexibility index (Phi) is 4.33. The van der Waals surface area contributed by atoms with E-state index in [0.29, 0.717) is 4.91 Å². The molecule has 4 heteroatoms. The van der Waals surface area contributed by atoms with Gasteiger partial charge in [0.05, 0.1) is 4.91 Å². The van der Waals surface area contributed by atoms with Crippen LogP contribution in [0, 0.1) is 0 Å². The zero-order valence-electron chi connectivity index (χ0n) is 17.0. The quantitative estimate of drug-likeness (QED) is 0.239. The minimum Gasteiger partial charge on any atom is -0.282 e. The van der Waals surface area contributed by atoms with Gasteiger partial charge in [0.1, 0.15) is 0 Å². The smallest absolute Gasteiger partial charge is 0.282 e. The van der Waals surface area contributed by atoms with Crippen LogP contribution in [0.1, 0.15) is 5.56 Å². The van der Waals surface area contributed by atoms with Crippen molar-refractivity contribution in [3.8, 4) is 11.1 Å². The van der Waals surface area contributed by atoms with Gasteiger partial charge in [0.15, 0.2) is 0 Å². The monoisotopic (exact) mass is 431 g/mol. The Morgan fingerprint density at radius 3 is 1.69 bits per heavy atom. The summed E-state index contributed by atoms with van der Waals surface area (Å²) in [6, 6.07) is 31.8. The maximum atomic E-state index is 11.8. The highest BCUT2D eigenvalue weighted by molar-refractivity contribution is 8.18. The second-order valence-electron chi connectivity index (χ2n) is 7.83. The van der Waals surface area contributed by atoms with Crippen LogP contribution < -0.4 is 5.32 Å². The fourth-order valence-electron chi connectivity index (χ4n) is 4.43. The first-order valence-electron chi connectivity index (χ1n) is 10.4. The van der Waals surface area contributed by atoms with Crippen LogP contribution in [0.15, 0.2) is 95.9 Å². The highest BCUT2D eigenvalue weighted by atomic mass is 32.2. The molecule has 0 unspecified atom stereocenters. The van der Waals surface area contributed by atoms with E-state index >= 15 is 0 Å². The zero-order valence-corrected chi connectivity index (χ0v) is 17.8. The fourth-order valence-corrected chi connectivity index (χ4v) is 5.11. The van der Waals surface area contributed by atoms with E-state index in [-0.39, 0.29) is 11.1 Å². The van der Waals surface area contributed by atoms with Gasteiger partial charge < -0.3 is 0 Å². The van der Waals surface area contributed by atoms with Gasteiger partial charge in [-0.2, -0.15) is 0 Å². The molecule has 152 valence electrons. The number of hydrogen-bond donors (Lipinski definition) is 1. The second-order valence-corrected chi connectivity index (χ2v) is 8.84. The van der Waals surface area contributed by atoms with Crippen LogP contribution in [0.2, 0.25) is 0 Å². The van der Waals surface area contributed by atoms with Gasteiger partial charge in [0.25, 0.3) is 11.1 Å². The van der Waals surface area contributed by atoms with Gasteiger partial charge in [-0.1, -0.05) is 84.9 Å². The van der Waals surface area contributed by atoms with Crippen molar-refractivity contribution in [2.24, 2.45) is 0 Å². The average molecular weight is 432 g/mol. The molecule has 5 aromatic rings. The third-order valence-corrected chi connectivity index (χ3v) is 6.74. The lowest BCUT2D eigenvalue weighted by Gasteiger charge is -2.12. The third kappa shape index (κ3) is 3.08. The van der Waals surface area contributed by atoms with Gasteiger partial charge in [0, 0.05) is 0 Å². The maximum absolute atomic E-state index is 11.8. The lowest BCUT2D eigenvalue weighted by molar-refractivity contribution is -0.115. The number of hydrogen-bond acceptors (Lipinski definition) is 3. The van der Waals surface area contributed by atoms with Gasteiger partial charge in [-0.25, -0.2) is 0 Å². The number of thioether (sulfide) groups is 1. The van der Waals surface area contributed by atoms with Crippen LogP contribution in [0.4, 0.5) is 4.79 Å². The van der Waals surface area contributed by atoms with E-state index in [4.69, 9.17) is 0 Å². The number of amides is 2. The summed E-state index contributed by atoms with van der Waals surface area (Å²) in [5.41, 5.74) is 3.13. The van der Waals surface area contributed by atoms with Gasteiger partial charge in [-0.3, -0.25) is 14.9 Å². The van der Waals surface area contributed by atoms with Crippen molar-refractivity contribution in [2.45, 2.75) is 0 Å². The van der Waals surface area contributed by atoms with Crippen molar-refractivity contribution in [3.05, 3.63) is 101 Å². The van der Waals surface area contributed by atoms with Crippen molar-refractivity contribution in [1.82, 2.24) is 5.32 Å². The van der Waals surface area contributed by atoms with Gasteiger partial charge in [0.2, 0.25) is 0 Å². The van der Waals surface area contributed by atoms with Gasteiger partial charge in [-0.15, -0.1) is 0 Å². The lowest BCUT2D eigenvalue weighted by atomic mass is 9.92. The largest absolute Gasteiger partial charge is 0.290 e. The summed E-state index contributed by atoms with van der Waals surface area (Å²) in [6.07, 6.45) is 1.74. The molecule has 6 rings (SSSR count). The molecule has 1 aliphatic rings. The van der Waals surface area contributed by atoms with Crippen LogP contribution in [0.25, 0.3) is 49.5 Å². The molecule has 2 amide bonds. The molecule has 0 radical (unpaired) electrons. The van der Waals surface area contributed by atoms with Crippen LogP contribution in [0.5, 0.6) is 0 Å². The topological polar surface area (TPSA) is 46.2 Å². The zero-order chi connectivity index (χ0) is 21.7. The fraction of sp³-hybridized carbons (Fsp3) is 0. The molecule has 1 fully saturated rings. The molecule has 1 saturated heterocycles. The molecule has 1 N–H and O–H groups in total. The molecule has 0 saturated carbocycles. The Balaban J connectivity index is 1.47. The van der Waals surface area contributed by atoms with E-state index in [1.54, 1.807) is 6.08 Å². The highest BCUT2D eigenvalue weighted by Gasteiger charge is 2.24. The molecule has 0 aromatic heterocycles. The summed E-state index contributed by atoms with van der Waals surface area (Å²) in [5.74, 6) is -0.335. The molecule has 32 heavy (non-hydrogen) atoms. The van der Waals surface area contributed by atoms with E-state index in [1.807, 2.05) is 12.1 Å². The highest BCUT2D eigenvalue weighted by Crippen LogP contribution is 2.37. The summed E-state index contributed by atoms with van der Waals surface area (Å²) >= 11 is 0.934. The van der Waals surface area contributed by atoms with Crippen LogP contribution >= 0.6 is 11.8 Å². The van der Waals surface area contributed by atoms with Gasteiger partial charge >= 0.3 is 0 Å². The minimum atomic E-state index is -0.335. The molecule has 3 nitrogen and oxygen atoms in total. The number of fused-ring (bicyclic) bond motifs is 6. The summed E-state index contributed by atoms with van der Waals surface area (Å²) in [5, 5.41) is 9.49. The Labute approximate surface area is 188 Å². The second kappa shape index (κ2) is 7.36. The van der Waals surface area contributed by atoms with Gasteiger partial charge in [-0.05, 0) is 72.9 Å². The SMILES string of the molecule is O=C1NC(=O)/C(=C/c2ccc(-c3ccc4c5ccccc5c5ccccc5c4c3)cc2)S1. The predicted molar refractivity (Wildman–Crippen MR) is 134 cm³/mol. The molecule has 1 heterocycles. The molecular formula is C28H17NO2S. The van der Waals surface area contributed by atoms with Crippen molar-refractivity contribution in [2.75, 3.05) is 0 Å². The predicted octanol–water partition coefficient (Wildman–Crippen LogP) is 7.14. The Morgan fingerprint density at radius 2 is 1.12 bits per heavy atom. The Morgan fingerprint density at radius 1 is 0.594 bits per heavy atom. The van der Waals surface area contributed by atoms with Crippen molar-refractivity contribution in [1.29, 1.82) is 0 Å². The maximum Gasteiger partial charge on any atom is 0.290 e. The normalized spacial score (nSPS) is 15.2. The molecule has 0 spiro atoms. The molecule has 1 aliphatic heterocycles. The minimum absolute atomic E-state index is 0.325. The first-order chi connectivity index (χ1) is 15.7. The average Bonchev–Trinajstić information content (AvgIpc) is 3.15. The summed E-state index contributed by atoms with van der Waals surface area (Å²) < 4.78 is 0. The van der Waals surface area contributed by atoms with E-state index in [0.717, 1.165) is 28.5 Å². The number of benzene rings is 5. The summed E-state index contributed by atoms with van der Waals surface area (Å²) in [6.45, 7) is 0. The lowest BCUT2D eigenvalue weighted by Crippen LogP contribution is -2.17. The van der Waals surface area contributed by atoms with Crippen LogP contribution in [-0.2, 0) is 4.79 Å². The van der Waals surface area contributed by atoms with Crippen molar-refractivity contribution >= 4 is 61.3 Å². The molecule has 5 aromatic carbocycles. The molecule has 0 bridgehead atoms. The molecule has 0 atom stereocenters. The summed E-state index contributed by atoms with van der Waals surface area (Å²) in [4.78, 5) is 23.6. The van der Waals surface area contributed by atoms with Crippen molar-refractivity contribution < 1.29 is 9.59 Å². The Bertz CT molecular complexity index is 1560. The number of carbonyl (C=O) groups is 2. The number of carbonyl (C=O) groups excluding carboxylic acids is 2. The van der Waals surface area contributed by atoms with E-state index in [2.05, 4.69) is 84.2 Å².